The van der Waals surface area contributed by atoms with Gasteiger partial charge in [0, 0.05) is 11.6 Å². The van der Waals surface area contributed by atoms with Crippen LogP contribution in [0.3, 0.4) is 0 Å². The number of benzene rings is 2. The third-order valence-electron chi connectivity index (χ3n) is 3.04. The summed E-state index contributed by atoms with van der Waals surface area (Å²) in [5.41, 5.74) is 4.71. The lowest BCUT2D eigenvalue weighted by molar-refractivity contribution is -0.386. The molecule has 22 heavy (non-hydrogen) atoms. The Hall–Kier alpha value is -3.09. The molecule has 0 aliphatic carbocycles. The monoisotopic (exact) mass is 301 g/mol. The van der Waals surface area contributed by atoms with Crippen LogP contribution in [-0.2, 0) is 0 Å². The van der Waals surface area contributed by atoms with E-state index in [0.29, 0.717) is 5.56 Å². The molecular weight excluding hydrogens is 286 g/mol. The van der Waals surface area contributed by atoms with Crippen LogP contribution in [0.25, 0.3) is 0 Å². The molecule has 0 saturated heterocycles. The average molecular weight is 301 g/mol. The number of hydrogen-bond donors (Lipinski definition) is 2. The molecule has 0 radical (unpaired) electrons. The zero-order chi connectivity index (χ0) is 16.1. The molecule has 0 bridgehead atoms. The number of para-hydroxylation sites is 1. The molecule has 0 unspecified atom stereocenters. The van der Waals surface area contributed by atoms with Gasteiger partial charge in [0.2, 0.25) is 5.75 Å². The van der Waals surface area contributed by atoms with Gasteiger partial charge in [-0.15, -0.1) is 0 Å². The molecule has 2 aromatic rings. The first-order valence-corrected chi connectivity index (χ1v) is 6.43. The highest BCUT2D eigenvalue weighted by molar-refractivity contribution is 5.83. The third kappa shape index (κ3) is 3.32. The number of phenolic OH excluding ortho intramolecular Hbond substituents is 1. The molecule has 0 heterocycles. The van der Waals surface area contributed by atoms with Gasteiger partial charge >= 0.3 is 5.69 Å². The van der Waals surface area contributed by atoms with Crippen LogP contribution in [0, 0.1) is 17.0 Å². The van der Waals surface area contributed by atoms with E-state index < -0.39 is 16.4 Å². The predicted octanol–water partition coefficient (Wildman–Crippen LogP) is 3.06. The number of aryl methyl sites for hydroxylation is 1. The van der Waals surface area contributed by atoms with E-state index in [1.54, 1.807) is 0 Å². The van der Waals surface area contributed by atoms with E-state index in [1.165, 1.54) is 25.5 Å². The first-order valence-electron chi connectivity index (χ1n) is 6.43. The number of nitro groups is 1. The number of ether oxygens (including phenoxy) is 1. The standard InChI is InChI=1S/C15H15N3O4/c1-10-5-3-4-6-12(10)17-16-9-11-7-13(18(20)21)15(19)14(8-11)22-2/h3-9,17,19H,1-2H3. The van der Waals surface area contributed by atoms with Crippen molar-refractivity contribution in [3.63, 3.8) is 0 Å². The lowest BCUT2D eigenvalue weighted by Gasteiger charge is -2.06. The summed E-state index contributed by atoms with van der Waals surface area (Å²) in [5, 5.41) is 24.7. The summed E-state index contributed by atoms with van der Waals surface area (Å²) >= 11 is 0. The van der Waals surface area contributed by atoms with E-state index in [0.717, 1.165) is 11.3 Å². The molecule has 0 aliphatic rings. The Kier molecular flexibility index (Phi) is 4.57. The second-order valence-corrected chi connectivity index (χ2v) is 4.53. The molecule has 2 rings (SSSR count). The van der Waals surface area contributed by atoms with Crippen LogP contribution in [0.2, 0.25) is 0 Å². The van der Waals surface area contributed by atoms with Gasteiger partial charge in [-0.1, -0.05) is 18.2 Å². The fraction of sp³-hybridized carbons (Fsp3) is 0.133. The molecule has 0 atom stereocenters. The number of hydrazone groups is 1. The molecule has 0 saturated carbocycles. The Morgan fingerprint density at radius 1 is 1.36 bits per heavy atom. The lowest BCUT2D eigenvalue weighted by atomic mass is 10.2. The number of phenols is 1. The van der Waals surface area contributed by atoms with Gasteiger partial charge in [-0.3, -0.25) is 15.5 Å². The molecule has 7 nitrogen and oxygen atoms in total. The summed E-state index contributed by atoms with van der Waals surface area (Å²) in [6.45, 7) is 1.94. The van der Waals surface area contributed by atoms with Crippen molar-refractivity contribution in [3.8, 4) is 11.5 Å². The summed E-state index contributed by atoms with van der Waals surface area (Å²) in [6.07, 6.45) is 1.42. The number of anilines is 1. The number of hydrogen-bond acceptors (Lipinski definition) is 6. The number of nitrogens with one attached hydrogen (secondary N) is 1. The van der Waals surface area contributed by atoms with Crippen molar-refractivity contribution in [2.24, 2.45) is 5.10 Å². The molecule has 0 aromatic heterocycles. The van der Waals surface area contributed by atoms with Gasteiger partial charge in [0.15, 0.2) is 5.75 Å². The van der Waals surface area contributed by atoms with Crippen LogP contribution < -0.4 is 10.2 Å². The van der Waals surface area contributed by atoms with Gasteiger partial charge in [0.1, 0.15) is 0 Å². The first-order chi connectivity index (χ1) is 10.5. The molecule has 0 aliphatic heterocycles. The molecule has 0 spiro atoms. The van der Waals surface area contributed by atoms with E-state index in [-0.39, 0.29) is 5.75 Å². The van der Waals surface area contributed by atoms with E-state index in [1.807, 2.05) is 31.2 Å². The molecule has 2 N–H and O–H groups in total. The number of nitrogens with zero attached hydrogens (tertiary/aromatic N) is 2. The molecule has 0 amide bonds. The minimum atomic E-state index is -0.677. The Balaban J connectivity index is 2.26. The van der Waals surface area contributed by atoms with Crippen molar-refractivity contribution < 1.29 is 14.8 Å². The zero-order valence-corrected chi connectivity index (χ0v) is 12.1. The molecule has 7 heteroatoms. The van der Waals surface area contributed by atoms with Crippen LogP contribution in [0.5, 0.6) is 11.5 Å². The number of rotatable bonds is 5. The van der Waals surface area contributed by atoms with E-state index in [9.17, 15) is 15.2 Å². The molecule has 114 valence electrons. The third-order valence-corrected chi connectivity index (χ3v) is 3.04. The maximum atomic E-state index is 10.9. The van der Waals surface area contributed by atoms with Crippen molar-refractivity contribution in [1.29, 1.82) is 0 Å². The predicted molar refractivity (Wildman–Crippen MR) is 83.7 cm³/mol. The summed E-state index contributed by atoms with van der Waals surface area (Å²) in [7, 11) is 1.32. The van der Waals surface area contributed by atoms with Crippen molar-refractivity contribution in [2.45, 2.75) is 6.92 Å². The SMILES string of the molecule is COc1cc(C=NNc2ccccc2C)cc([N+](=O)[O-])c1O. The van der Waals surface area contributed by atoms with Crippen LogP contribution in [0.1, 0.15) is 11.1 Å². The Morgan fingerprint density at radius 3 is 2.73 bits per heavy atom. The maximum absolute atomic E-state index is 10.9. The van der Waals surface area contributed by atoms with Gasteiger partial charge < -0.3 is 9.84 Å². The largest absolute Gasteiger partial charge is 0.500 e. The van der Waals surface area contributed by atoms with Crippen LogP contribution in [0.4, 0.5) is 11.4 Å². The van der Waals surface area contributed by atoms with Crippen molar-refractivity contribution >= 4 is 17.6 Å². The van der Waals surface area contributed by atoms with Gasteiger partial charge in [0.25, 0.3) is 0 Å². The highest BCUT2D eigenvalue weighted by Crippen LogP contribution is 2.36. The van der Waals surface area contributed by atoms with Crippen LogP contribution in [0.15, 0.2) is 41.5 Å². The normalized spacial score (nSPS) is 10.6. The highest BCUT2D eigenvalue weighted by atomic mass is 16.6. The molecule has 0 fully saturated rings. The van der Waals surface area contributed by atoms with E-state index in [4.69, 9.17) is 4.74 Å². The van der Waals surface area contributed by atoms with Gasteiger partial charge in [-0.25, -0.2) is 0 Å². The van der Waals surface area contributed by atoms with E-state index >= 15 is 0 Å². The van der Waals surface area contributed by atoms with E-state index in [2.05, 4.69) is 10.5 Å². The second kappa shape index (κ2) is 6.57. The highest BCUT2D eigenvalue weighted by Gasteiger charge is 2.19. The summed E-state index contributed by atoms with van der Waals surface area (Å²) in [4.78, 5) is 10.2. The summed E-state index contributed by atoms with van der Waals surface area (Å²) < 4.78 is 4.92. The number of aromatic hydroxyl groups is 1. The Bertz CT molecular complexity index is 729. The number of nitro benzene ring substituents is 1. The lowest BCUT2D eigenvalue weighted by Crippen LogP contribution is -1.96. The van der Waals surface area contributed by atoms with Crippen molar-refractivity contribution in [2.75, 3.05) is 12.5 Å². The second-order valence-electron chi connectivity index (χ2n) is 4.53. The van der Waals surface area contributed by atoms with Crippen LogP contribution >= 0.6 is 0 Å². The number of methoxy groups -OCH3 is 1. The fourth-order valence-electron chi connectivity index (χ4n) is 1.86. The zero-order valence-electron chi connectivity index (χ0n) is 12.1. The minimum absolute atomic E-state index is 0.0199. The Morgan fingerprint density at radius 2 is 2.09 bits per heavy atom. The topological polar surface area (TPSA) is 97.0 Å². The summed E-state index contributed by atoms with van der Waals surface area (Å²) in [6, 6.07) is 10.3. The first kappa shape index (κ1) is 15.3. The van der Waals surface area contributed by atoms with Crippen molar-refractivity contribution in [1.82, 2.24) is 0 Å². The quantitative estimate of drug-likeness (QED) is 0.502. The average Bonchev–Trinajstić information content (AvgIpc) is 2.50. The van der Waals surface area contributed by atoms with Gasteiger partial charge in [0.05, 0.1) is 23.9 Å². The smallest absolute Gasteiger partial charge is 0.315 e. The Labute approximate surface area is 127 Å². The van der Waals surface area contributed by atoms with Gasteiger partial charge in [-0.2, -0.15) is 5.10 Å². The summed E-state index contributed by atoms with van der Waals surface area (Å²) in [5.74, 6) is -0.483. The fourth-order valence-corrected chi connectivity index (χ4v) is 1.86. The maximum Gasteiger partial charge on any atom is 0.315 e. The molecule has 2 aromatic carbocycles. The van der Waals surface area contributed by atoms with Crippen molar-refractivity contribution in [3.05, 3.63) is 57.6 Å². The minimum Gasteiger partial charge on any atom is -0.500 e. The molecular formula is C15H15N3O4. The van der Waals surface area contributed by atoms with Gasteiger partial charge in [-0.05, 0) is 24.6 Å². The van der Waals surface area contributed by atoms with Crippen LogP contribution in [-0.4, -0.2) is 23.4 Å².